The number of carbonyl (C=O) groups excluding carboxylic acids is 2. The van der Waals surface area contributed by atoms with Gasteiger partial charge in [-0.05, 0) is 50.6 Å². The Kier molecular flexibility index (Phi) is 6.60. The quantitative estimate of drug-likeness (QED) is 0.600. The largest absolute Gasteiger partial charge is 0.377 e. The van der Waals surface area contributed by atoms with Crippen LogP contribution in [-0.2, 0) is 14.3 Å². The SMILES string of the molecule is Cc1ccc(C2=C(Sc3ccc(Cl)cc3)C(=O)N(CCOC(C)C)C2=O)cc1. The summed E-state index contributed by atoms with van der Waals surface area (Å²) in [5, 5.41) is 0.623. The van der Waals surface area contributed by atoms with E-state index in [2.05, 4.69) is 0 Å². The van der Waals surface area contributed by atoms with Crippen LogP contribution in [0.15, 0.2) is 58.3 Å². The summed E-state index contributed by atoms with van der Waals surface area (Å²) in [5.74, 6) is -0.564. The third-order valence-electron chi connectivity index (χ3n) is 4.27. The van der Waals surface area contributed by atoms with E-state index in [1.807, 2.05) is 57.2 Å². The number of aryl methyl sites for hydroxylation is 1. The number of hydrogen-bond acceptors (Lipinski definition) is 4. The van der Waals surface area contributed by atoms with Crippen LogP contribution in [0.3, 0.4) is 0 Å². The van der Waals surface area contributed by atoms with Crippen molar-refractivity contribution >= 4 is 40.8 Å². The molecule has 0 aromatic heterocycles. The molecular weight excluding hydrogens is 394 g/mol. The van der Waals surface area contributed by atoms with Crippen LogP contribution in [0, 0.1) is 6.92 Å². The highest BCUT2D eigenvalue weighted by Crippen LogP contribution is 2.39. The Morgan fingerprint density at radius 2 is 1.64 bits per heavy atom. The molecule has 2 amide bonds. The van der Waals surface area contributed by atoms with E-state index in [1.54, 1.807) is 12.1 Å². The summed E-state index contributed by atoms with van der Waals surface area (Å²) in [4.78, 5) is 28.7. The van der Waals surface area contributed by atoms with Crippen molar-refractivity contribution in [1.29, 1.82) is 0 Å². The number of rotatable bonds is 7. The first kappa shape index (κ1) is 20.6. The van der Waals surface area contributed by atoms with E-state index in [4.69, 9.17) is 16.3 Å². The van der Waals surface area contributed by atoms with Crippen molar-refractivity contribution in [3.05, 3.63) is 69.6 Å². The molecule has 0 unspecified atom stereocenters. The molecule has 28 heavy (non-hydrogen) atoms. The fourth-order valence-electron chi connectivity index (χ4n) is 2.83. The Balaban J connectivity index is 1.94. The lowest BCUT2D eigenvalue weighted by molar-refractivity contribution is -0.137. The van der Waals surface area contributed by atoms with Gasteiger partial charge in [0.1, 0.15) is 0 Å². The summed E-state index contributed by atoms with van der Waals surface area (Å²) in [6, 6.07) is 14.9. The fourth-order valence-corrected chi connectivity index (χ4v) is 3.97. The van der Waals surface area contributed by atoms with E-state index in [0.29, 0.717) is 22.1 Å². The van der Waals surface area contributed by atoms with Crippen molar-refractivity contribution in [3.63, 3.8) is 0 Å². The minimum Gasteiger partial charge on any atom is -0.377 e. The van der Waals surface area contributed by atoms with E-state index in [-0.39, 0.29) is 24.5 Å². The zero-order valence-electron chi connectivity index (χ0n) is 16.1. The van der Waals surface area contributed by atoms with Gasteiger partial charge < -0.3 is 4.74 Å². The summed E-state index contributed by atoms with van der Waals surface area (Å²) in [7, 11) is 0. The lowest BCUT2D eigenvalue weighted by atomic mass is 10.0. The van der Waals surface area contributed by atoms with E-state index in [9.17, 15) is 9.59 Å². The summed E-state index contributed by atoms with van der Waals surface area (Å²) in [5.41, 5.74) is 2.28. The van der Waals surface area contributed by atoms with Gasteiger partial charge in [-0.3, -0.25) is 14.5 Å². The number of amides is 2. The highest BCUT2D eigenvalue weighted by atomic mass is 35.5. The molecule has 1 aliphatic heterocycles. The molecule has 0 saturated heterocycles. The highest BCUT2D eigenvalue weighted by molar-refractivity contribution is 8.04. The van der Waals surface area contributed by atoms with E-state index < -0.39 is 0 Å². The van der Waals surface area contributed by atoms with E-state index >= 15 is 0 Å². The van der Waals surface area contributed by atoms with Crippen LogP contribution in [0.2, 0.25) is 5.02 Å². The van der Waals surface area contributed by atoms with Gasteiger partial charge in [-0.15, -0.1) is 0 Å². The zero-order valence-corrected chi connectivity index (χ0v) is 17.6. The second-order valence-electron chi connectivity index (χ2n) is 6.81. The maximum atomic E-state index is 13.1. The second-order valence-corrected chi connectivity index (χ2v) is 8.33. The third-order valence-corrected chi connectivity index (χ3v) is 5.61. The van der Waals surface area contributed by atoms with Gasteiger partial charge in [0.05, 0.1) is 29.7 Å². The molecule has 0 atom stereocenters. The van der Waals surface area contributed by atoms with Gasteiger partial charge in [-0.2, -0.15) is 0 Å². The predicted octanol–water partition coefficient (Wildman–Crippen LogP) is 4.95. The van der Waals surface area contributed by atoms with Crippen LogP contribution in [0.1, 0.15) is 25.0 Å². The van der Waals surface area contributed by atoms with Crippen molar-refractivity contribution in [2.24, 2.45) is 0 Å². The minimum atomic E-state index is -0.284. The first-order valence-corrected chi connectivity index (χ1v) is 10.3. The van der Waals surface area contributed by atoms with Gasteiger partial charge in [0.2, 0.25) is 0 Å². The number of hydrogen-bond donors (Lipinski definition) is 0. The fraction of sp³-hybridized carbons (Fsp3) is 0.273. The molecule has 0 spiro atoms. The third kappa shape index (κ3) is 4.66. The average Bonchev–Trinajstić information content (AvgIpc) is 2.88. The second kappa shape index (κ2) is 8.95. The highest BCUT2D eigenvalue weighted by Gasteiger charge is 2.39. The number of ether oxygens (including phenoxy) is 1. The zero-order chi connectivity index (χ0) is 20.3. The Morgan fingerprint density at radius 3 is 2.25 bits per heavy atom. The smallest absolute Gasteiger partial charge is 0.268 e. The summed E-state index contributed by atoms with van der Waals surface area (Å²) < 4.78 is 5.54. The molecule has 0 fully saturated rings. The molecule has 3 rings (SSSR count). The number of nitrogens with zero attached hydrogens (tertiary/aromatic N) is 1. The molecule has 146 valence electrons. The standard InChI is InChI=1S/C22H22ClNO3S/c1-14(2)27-13-12-24-21(25)19(16-6-4-15(3)5-7-16)20(22(24)26)28-18-10-8-17(23)9-11-18/h4-11,14H,12-13H2,1-3H3. The lowest BCUT2D eigenvalue weighted by Crippen LogP contribution is -2.35. The lowest BCUT2D eigenvalue weighted by Gasteiger charge is -2.16. The molecular formula is C22H22ClNO3S. The maximum absolute atomic E-state index is 13.1. The summed E-state index contributed by atoms with van der Waals surface area (Å²) >= 11 is 7.25. The monoisotopic (exact) mass is 415 g/mol. The minimum absolute atomic E-state index is 0.0419. The van der Waals surface area contributed by atoms with Gasteiger partial charge in [0, 0.05) is 9.92 Å². The van der Waals surface area contributed by atoms with Gasteiger partial charge in [-0.1, -0.05) is 53.2 Å². The van der Waals surface area contributed by atoms with Crippen LogP contribution in [0.25, 0.3) is 5.57 Å². The van der Waals surface area contributed by atoms with Crippen molar-refractivity contribution in [2.75, 3.05) is 13.2 Å². The van der Waals surface area contributed by atoms with Crippen LogP contribution in [0.4, 0.5) is 0 Å². The molecule has 1 aliphatic rings. The number of carbonyl (C=O) groups is 2. The summed E-state index contributed by atoms with van der Waals surface area (Å²) in [6.07, 6.45) is 0.0419. The molecule has 0 bridgehead atoms. The molecule has 0 aliphatic carbocycles. The van der Waals surface area contributed by atoms with Crippen LogP contribution in [-0.4, -0.2) is 36.0 Å². The number of benzene rings is 2. The van der Waals surface area contributed by atoms with Crippen molar-refractivity contribution in [3.8, 4) is 0 Å². The van der Waals surface area contributed by atoms with E-state index in [0.717, 1.165) is 16.0 Å². The molecule has 4 nitrogen and oxygen atoms in total. The molecule has 2 aromatic carbocycles. The Hall–Kier alpha value is -2.08. The number of imide groups is 1. The van der Waals surface area contributed by atoms with Gasteiger partial charge in [0.15, 0.2) is 0 Å². The molecule has 0 radical (unpaired) electrons. The predicted molar refractivity (Wildman–Crippen MR) is 113 cm³/mol. The topological polar surface area (TPSA) is 46.6 Å². The Morgan fingerprint density at radius 1 is 1.00 bits per heavy atom. The molecule has 0 N–H and O–H groups in total. The van der Waals surface area contributed by atoms with Gasteiger partial charge >= 0.3 is 0 Å². The van der Waals surface area contributed by atoms with Crippen LogP contribution >= 0.6 is 23.4 Å². The van der Waals surface area contributed by atoms with Crippen LogP contribution in [0.5, 0.6) is 0 Å². The Labute approximate surface area is 174 Å². The average molecular weight is 416 g/mol. The Bertz CT molecular complexity index is 904. The number of thioether (sulfide) groups is 1. The molecule has 1 heterocycles. The maximum Gasteiger partial charge on any atom is 0.268 e. The van der Waals surface area contributed by atoms with Crippen molar-refractivity contribution in [2.45, 2.75) is 31.8 Å². The molecule has 2 aromatic rings. The number of halogens is 1. The van der Waals surface area contributed by atoms with Gasteiger partial charge in [-0.25, -0.2) is 0 Å². The normalized spacial score (nSPS) is 14.5. The van der Waals surface area contributed by atoms with Crippen molar-refractivity contribution in [1.82, 2.24) is 4.90 Å². The molecule has 6 heteroatoms. The van der Waals surface area contributed by atoms with Crippen LogP contribution < -0.4 is 0 Å². The first-order valence-electron chi connectivity index (χ1n) is 9.09. The van der Waals surface area contributed by atoms with E-state index in [1.165, 1.54) is 16.7 Å². The first-order chi connectivity index (χ1) is 13.4. The van der Waals surface area contributed by atoms with Crippen molar-refractivity contribution < 1.29 is 14.3 Å². The van der Waals surface area contributed by atoms with Gasteiger partial charge in [0.25, 0.3) is 11.8 Å². The summed E-state index contributed by atoms with van der Waals surface area (Å²) in [6.45, 7) is 6.38. The molecule has 0 saturated carbocycles.